The van der Waals surface area contributed by atoms with Crippen LogP contribution in [-0.4, -0.2) is 17.6 Å². The van der Waals surface area contributed by atoms with Crippen molar-refractivity contribution in [1.82, 2.24) is 0 Å². The number of carbonyl (C=O) groups excluding carboxylic acids is 1. The monoisotopic (exact) mass is 303 g/mol. The number of anilines is 1. The molecule has 1 aromatic carbocycles. The SMILES string of the molecule is Cc1cccc(F)c1NC(=O)c1sccc1C#CCCO. The molecule has 0 bridgehead atoms. The smallest absolute Gasteiger partial charge is 0.267 e. The van der Waals surface area contributed by atoms with Crippen LogP contribution in [0.15, 0.2) is 29.6 Å². The maximum absolute atomic E-state index is 13.7. The minimum atomic E-state index is -0.465. The molecule has 1 amide bonds. The first-order chi connectivity index (χ1) is 10.1. The summed E-state index contributed by atoms with van der Waals surface area (Å²) in [4.78, 5) is 12.7. The van der Waals surface area contributed by atoms with Crippen LogP contribution in [0.4, 0.5) is 10.1 Å². The number of carbonyl (C=O) groups is 1. The molecule has 3 nitrogen and oxygen atoms in total. The molecule has 2 rings (SSSR count). The number of amides is 1. The van der Waals surface area contributed by atoms with Crippen molar-refractivity contribution in [2.24, 2.45) is 0 Å². The molecule has 2 N–H and O–H groups in total. The van der Waals surface area contributed by atoms with Gasteiger partial charge in [-0.05, 0) is 30.0 Å². The summed E-state index contributed by atoms with van der Waals surface area (Å²) in [5, 5.41) is 13.1. The second kappa shape index (κ2) is 7.02. The van der Waals surface area contributed by atoms with E-state index in [0.717, 1.165) is 0 Å². The first-order valence-electron chi connectivity index (χ1n) is 6.37. The molecule has 0 aliphatic heterocycles. The van der Waals surface area contributed by atoms with E-state index in [-0.39, 0.29) is 18.2 Å². The van der Waals surface area contributed by atoms with E-state index in [9.17, 15) is 9.18 Å². The summed E-state index contributed by atoms with van der Waals surface area (Å²) >= 11 is 1.25. The predicted octanol–water partition coefficient (Wildman–Crippen LogP) is 3.18. The fraction of sp³-hybridized carbons (Fsp3) is 0.188. The van der Waals surface area contributed by atoms with E-state index in [1.165, 1.54) is 17.4 Å². The first-order valence-corrected chi connectivity index (χ1v) is 7.25. The number of aryl methyl sites for hydroxylation is 1. The predicted molar refractivity (Wildman–Crippen MR) is 82.0 cm³/mol. The highest BCUT2D eigenvalue weighted by Crippen LogP contribution is 2.22. The van der Waals surface area contributed by atoms with E-state index in [0.29, 0.717) is 22.4 Å². The third kappa shape index (κ3) is 3.69. The fourth-order valence-electron chi connectivity index (χ4n) is 1.76. The molecule has 0 unspecified atom stereocenters. The number of hydrogen-bond donors (Lipinski definition) is 2. The normalized spacial score (nSPS) is 9.86. The van der Waals surface area contributed by atoms with E-state index >= 15 is 0 Å². The van der Waals surface area contributed by atoms with Crippen LogP contribution in [0.3, 0.4) is 0 Å². The molecule has 1 heterocycles. The van der Waals surface area contributed by atoms with Crippen LogP contribution in [-0.2, 0) is 0 Å². The Morgan fingerprint density at radius 1 is 1.43 bits per heavy atom. The van der Waals surface area contributed by atoms with Gasteiger partial charge in [0, 0.05) is 12.0 Å². The van der Waals surface area contributed by atoms with Crippen molar-refractivity contribution in [3.63, 3.8) is 0 Å². The zero-order valence-corrected chi connectivity index (χ0v) is 12.3. The van der Waals surface area contributed by atoms with Crippen molar-refractivity contribution < 1.29 is 14.3 Å². The lowest BCUT2D eigenvalue weighted by molar-refractivity contribution is 0.102. The van der Waals surface area contributed by atoms with Gasteiger partial charge in [-0.15, -0.1) is 11.3 Å². The average molecular weight is 303 g/mol. The molecule has 0 spiro atoms. The lowest BCUT2D eigenvalue weighted by atomic mass is 10.2. The van der Waals surface area contributed by atoms with Crippen LogP contribution in [0.5, 0.6) is 0 Å². The number of benzene rings is 1. The van der Waals surface area contributed by atoms with Gasteiger partial charge in [-0.3, -0.25) is 4.79 Å². The van der Waals surface area contributed by atoms with Gasteiger partial charge in [0.15, 0.2) is 0 Å². The molecule has 108 valence electrons. The van der Waals surface area contributed by atoms with Gasteiger partial charge in [-0.25, -0.2) is 4.39 Å². The summed E-state index contributed by atoms with van der Waals surface area (Å²) in [6.45, 7) is 1.71. The van der Waals surface area contributed by atoms with Crippen molar-refractivity contribution in [2.45, 2.75) is 13.3 Å². The quantitative estimate of drug-likeness (QED) is 0.856. The summed E-state index contributed by atoms with van der Waals surface area (Å²) in [5.74, 6) is 4.76. The van der Waals surface area contributed by atoms with Gasteiger partial charge in [0.2, 0.25) is 0 Å². The molecular formula is C16H14FNO2S. The Hall–Kier alpha value is -2.16. The highest BCUT2D eigenvalue weighted by Gasteiger charge is 2.15. The van der Waals surface area contributed by atoms with E-state index in [1.807, 2.05) is 0 Å². The van der Waals surface area contributed by atoms with Crippen LogP contribution >= 0.6 is 11.3 Å². The average Bonchev–Trinajstić information content (AvgIpc) is 2.92. The van der Waals surface area contributed by atoms with Crippen molar-refractivity contribution in [3.05, 3.63) is 51.5 Å². The van der Waals surface area contributed by atoms with E-state index in [4.69, 9.17) is 5.11 Å². The summed E-state index contributed by atoms with van der Waals surface area (Å²) in [6.07, 6.45) is 0.351. The molecule has 0 radical (unpaired) electrons. The van der Waals surface area contributed by atoms with Crippen LogP contribution < -0.4 is 5.32 Å². The summed E-state index contributed by atoms with van der Waals surface area (Å²) in [7, 11) is 0. The summed E-state index contributed by atoms with van der Waals surface area (Å²) in [5.41, 5.74) is 1.43. The lowest BCUT2D eigenvalue weighted by Gasteiger charge is -2.08. The van der Waals surface area contributed by atoms with Crippen LogP contribution in [0.25, 0.3) is 0 Å². The molecule has 5 heteroatoms. The molecule has 0 aliphatic carbocycles. The fourth-order valence-corrected chi connectivity index (χ4v) is 2.50. The Bertz CT molecular complexity index is 692. The Balaban J connectivity index is 2.22. The van der Waals surface area contributed by atoms with E-state index < -0.39 is 5.82 Å². The number of aliphatic hydroxyl groups excluding tert-OH is 1. The number of rotatable bonds is 3. The summed E-state index contributed by atoms with van der Waals surface area (Å²) < 4.78 is 13.7. The standard InChI is InChI=1S/C16H14FNO2S/c1-11-5-4-7-13(17)14(11)18-16(20)15-12(8-10-21-15)6-2-3-9-19/h4-5,7-8,10,19H,3,9H2,1H3,(H,18,20). The maximum Gasteiger partial charge on any atom is 0.267 e. The molecular weight excluding hydrogens is 289 g/mol. The zero-order chi connectivity index (χ0) is 15.2. The van der Waals surface area contributed by atoms with Crippen molar-refractivity contribution in [3.8, 4) is 11.8 Å². The molecule has 2 aromatic rings. The van der Waals surface area contributed by atoms with Crippen molar-refractivity contribution in [1.29, 1.82) is 0 Å². The highest BCUT2D eigenvalue weighted by molar-refractivity contribution is 7.12. The van der Waals surface area contributed by atoms with Gasteiger partial charge in [0.1, 0.15) is 10.7 Å². The number of nitrogens with one attached hydrogen (secondary N) is 1. The second-order valence-electron chi connectivity index (χ2n) is 4.32. The highest BCUT2D eigenvalue weighted by atomic mass is 32.1. The molecule has 0 saturated heterocycles. The zero-order valence-electron chi connectivity index (χ0n) is 11.4. The van der Waals surface area contributed by atoms with Crippen molar-refractivity contribution >= 4 is 22.9 Å². The van der Waals surface area contributed by atoms with E-state index in [2.05, 4.69) is 17.2 Å². The minimum absolute atomic E-state index is 0.0207. The number of hydrogen-bond acceptors (Lipinski definition) is 3. The third-order valence-electron chi connectivity index (χ3n) is 2.79. The van der Waals surface area contributed by atoms with Gasteiger partial charge in [-0.2, -0.15) is 0 Å². The number of halogens is 1. The Labute approximate surface area is 126 Å². The van der Waals surface area contributed by atoms with E-state index in [1.54, 1.807) is 30.5 Å². The molecule has 0 atom stereocenters. The van der Waals surface area contributed by atoms with Gasteiger partial charge in [0.05, 0.1) is 12.3 Å². The van der Waals surface area contributed by atoms with Gasteiger partial charge in [0.25, 0.3) is 5.91 Å². The lowest BCUT2D eigenvalue weighted by Crippen LogP contribution is -2.13. The van der Waals surface area contributed by atoms with Crippen LogP contribution in [0.2, 0.25) is 0 Å². The molecule has 0 saturated carbocycles. The molecule has 21 heavy (non-hydrogen) atoms. The van der Waals surface area contributed by atoms with Gasteiger partial charge < -0.3 is 10.4 Å². The third-order valence-corrected chi connectivity index (χ3v) is 3.70. The topological polar surface area (TPSA) is 49.3 Å². The Morgan fingerprint density at radius 3 is 2.95 bits per heavy atom. The molecule has 0 aliphatic rings. The summed E-state index contributed by atoms with van der Waals surface area (Å²) in [6, 6.07) is 6.36. The number of para-hydroxylation sites is 1. The molecule has 0 fully saturated rings. The van der Waals surface area contributed by atoms with Crippen molar-refractivity contribution in [2.75, 3.05) is 11.9 Å². The largest absolute Gasteiger partial charge is 0.395 e. The molecule has 1 aromatic heterocycles. The van der Waals surface area contributed by atoms with Gasteiger partial charge >= 0.3 is 0 Å². The first kappa shape index (κ1) is 15.2. The minimum Gasteiger partial charge on any atom is -0.395 e. The number of aliphatic hydroxyl groups is 1. The Kier molecular flexibility index (Phi) is 5.09. The maximum atomic E-state index is 13.7. The Morgan fingerprint density at radius 2 is 2.24 bits per heavy atom. The van der Waals surface area contributed by atoms with Crippen LogP contribution in [0.1, 0.15) is 27.2 Å². The number of thiophene rings is 1. The van der Waals surface area contributed by atoms with Gasteiger partial charge in [-0.1, -0.05) is 24.0 Å². The van der Waals surface area contributed by atoms with Crippen LogP contribution in [0, 0.1) is 24.6 Å². The second-order valence-corrected chi connectivity index (χ2v) is 5.24.